The number of hydrogen-bond donors (Lipinski definition) is 0. The van der Waals surface area contributed by atoms with Gasteiger partial charge in [-0.2, -0.15) is 0 Å². The predicted molar refractivity (Wildman–Crippen MR) is 54.6 cm³/mol. The summed E-state index contributed by atoms with van der Waals surface area (Å²) in [5, 5.41) is 0. The van der Waals surface area contributed by atoms with Gasteiger partial charge in [-0.15, -0.1) is 0 Å². The van der Waals surface area contributed by atoms with E-state index in [2.05, 4.69) is 0 Å². The lowest BCUT2D eigenvalue weighted by Crippen LogP contribution is -2.00. The van der Waals surface area contributed by atoms with E-state index in [1.807, 2.05) is 0 Å². The van der Waals surface area contributed by atoms with Crippen LogP contribution in [0, 0.1) is 5.82 Å². The Morgan fingerprint density at radius 3 is 2.87 bits per heavy atom. The van der Waals surface area contributed by atoms with Crippen LogP contribution in [-0.2, 0) is 4.79 Å². The highest BCUT2D eigenvalue weighted by atomic mass is 19.1. The summed E-state index contributed by atoms with van der Waals surface area (Å²) in [6.07, 6.45) is 1.79. The zero-order valence-corrected chi connectivity index (χ0v) is 8.63. The van der Waals surface area contributed by atoms with Gasteiger partial charge in [0.25, 0.3) is 0 Å². The van der Waals surface area contributed by atoms with Gasteiger partial charge < -0.3 is 4.74 Å². The van der Waals surface area contributed by atoms with E-state index in [1.165, 1.54) is 7.11 Å². The third-order valence-corrected chi connectivity index (χ3v) is 2.90. The van der Waals surface area contributed by atoms with Crippen LogP contribution in [0.1, 0.15) is 30.7 Å². The molecule has 2 nitrogen and oxygen atoms in total. The average Bonchev–Trinajstić information content (AvgIpc) is 2.65. The first-order chi connectivity index (χ1) is 7.22. The Morgan fingerprint density at radius 2 is 2.27 bits per heavy atom. The summed E-state index contributed by atoms with van der Waals surface area (Å²) in [6.45, 7) is 0. The molecule has 0 N–H and O–H groups in total. The van der Waals surface area contributed by atoms with Crippen LogP contribution in [-0.4, -0.2) is 12.9 Å². The Hall–Kier alpha value is -1.38. The number of Topliss-reactive ketones (excluding diaryl/α,β-unsaturated/α-hetero) is 1. The predicted octanol–water partition coefficient (Wildman–Crippen LogP) is 2.67. The van der Waals surface area contributed by atoms with Crippen LogP contribution in [0.2, 0.25) is 0 Å². The van der Waals surface area contributed by atoms with Crippen molar-refractivity contribution in [1.82, 2.24) is 0 Å². The largest absolute Gasteiger partial charge is 0.494 e. The highest BCUT2D eigenvalue weighted by Gasteiger charge is 2.26. The fourth-order valence-electron chi connectivity index (χ4n) is 2.08. The quantitative estimate of drug-likeness (QED) is 0.746. The van der Waals surface area contributed by atoms with Gasteiger partial charge in [0, 0.05) is 12.8 Å². The van der Waals surface area contributed by atoms with Crippen LogP contribution >= 0.6 is 0 Å². The Labute approximate surface area is 88.1 Å². The van der Waals surface area contributed by atoms with Gasteiger partial charge >= 0.3 is 0 Å². The summed E-state index contributed by atoms with van der Waals surface area (Å²) in [6, 6.07) is 5.09. The highest BCUT2D eigenvalue weighted by molar-refractivity contribution is 5.81. The number of ketones is 1. The minimum absolute atomic E-state index is 0.0348. The molecule has 1 saturated carbocycles. The number of hydrogen-bond acceptors (Lipinski definition) is 2. The fourth-order valence-corrected chi connectivity index (χ4v) is 2.08. The van der Waals surface area contributed by atoms with Gasteiger partial charge in [-0.25, -0.2) is 4.39 Å². The monoisotopic (exact) mass is 208 g/mol. The normalized spacial score (nSPS) is 20.7. The Morgan fingerprint density at radius 1 is 1.47 bits per heavy atom. The summed E-state index contributed by atoms with van der Waals surface area (Å²) in [5.41, 5.74) is 0.611. The Balaban J connectivity index is 2.32. The van der Waals surface area contributed by atoms with Crippen molar-refractivity contribution in [3.05, 3.63) is 29.6 Å². The van der Waals surface area contributed by atoms with Gasteiger partial charge in [0.15, 0.2) is 11.6 Å². The molecule has 0 aromatic heterocycles. The Kier molecular flexibility index (Phi) is 2.71. The first-order valence-corrected chi connectivity index (χ1v) is 5.06. The minimum Gasteiger partial charge on any atom is -0.494 e. The number of halogens is 1. The van der Waals surface area contributed by atoms with Crippen LogP contribution in [0.15, 0.2) is 18.2 Å². The summed E-state index contributed by atoms with van der Waals surface area (Å²) < 4.78 is 18.7. The molecule has 1 aromatic rings. The molecule has 2 rings (SSSR count). The molecule has 0 saturated heterocycles. The molecule has 3 heteroatoms. The lowest BCUT2D eigenvalue weighted by Gasteiger charge is -2.11. The van der Waals surface area contributed by atoms with Crippen molar-refractivity contribution in [2.75, 3.05) is 7.11 Å². The van der Waals surface area contributed by atoms with E-state index in [-0.39, 0.29) is 23.3 Å². The van der Waals surface area contributed by atoms with Gasteiger partial charge in [0.2, 0.25) is 0 Å². The smallest absolute Gasteiger partial charge is 0.168 e. The van der Waals surface area contributed by atoms with E-state index in [9.17, 15) is 9.18 Å². The number of ether oxygens (including phenoxy) is 1. The Bertz CT molecular complexity index is 387. The first-order valence-electron chi connectivity index (χ1n) is 5.06. The van der Waals surface area contributed by atoms with Crippen LogP contribution in [0.4, 0.5) is 4.39 Å². The second-order valence-electron chi connectivity index (χ2n) is 3.84. The van der Waals surface area contributed by atoms with Crippen LogP contribution in [0.5, 0.6) is 5.75 Å². The molecule has 0 aliphatic heterocycles. The zero-order valence-electron chi connectivity index (χ0n) is 8.63. The summed E-state index contributed by atoms with van der Waals surface area (Å²) in [4.78, 5) is 11.1. The second kappa shape index (κ2) is 4.01. The molecule has 0 radical (unpaired) electrons. The van der Waals surface area contributed by atoms with E-state index >= 15 is 0 Å². The SMILES string of the molecule is COc1cccc(C2CCC(=O)C2)c1F. The van der Waals surface area contributed by atoms with E-state index in [0.29, 0.717) is 18.4 Å². The van der Waals surface area contributed by atoms with Gasteiger partial charge in [-0.1, -0.05) is 12.1 Å². The molecule has 15 heavy (non-hydrogen) atoms. The van der Waals surface area contributed by atoms with Crippen molar-refractivity contribution in [3.8, 4) is 5.75 Å². The molecule has 0 heterocycles. The lowest BCUT2D eigenvalue weighted by molar-refractivity contribution is -0.117. The number of benzene rings is 1. The van der Waals surface area contributed by atoms with Crippen molar-refractivity contribution in [3.63, 3.8) is 0 Å². The summed E-state index contributed by atoms with van der Waals surface area (Å²) in [7, 11) is 1.45. The number of carbonyl (C=O) groups excluding carboxylic acids is 1. The molecule has 1 aliphatic carbocycles. The molecule has 1 aromatic carbocycles. The fraction of sp³-hybridized carbons (Fsp3) is 0.417. The van der Waals surface area contributed by atoms with Crippen molar-refractivity contribution in [1.29, 1.82) is 0 Å². The lowest BCUT2D eigenvalue weighted by atomic mass is 9.97. The van der Waals surface area contributed by atoms with Gasteiger partial charge in [-0.3, -0.25) is 4.79 Å². The molecule has 0 spiro atoms. The van der Waals surface area contributed by atoms with Crippen LogP contribution in [0.3, 0.4) is 0 Å². The van der Waals surface area contributed by atoms with Crippen molar-refractivity contribution in [2.24, 2.45) is 0 Å². The van der Waals surface area contributed by atoms with E-state index < -0.39 is 0 Å². The highest BCUT2D eigenvalue weighted by Crippen LogP contribution is 2.35. The number of carbonyl (C=O) groups is 1. The van der Waals surface area contributed by atoms with Crippen molar-refractivity contribution in [2.45, 2.75) is 25.2 Å². The zero-order chi connectivity index (χ0) is 10.8. The molecule has 1 unspecified atom stereocenters. The first kappa shape index (κ1) is 10.1. The molecule has 1 aliphatic rings. The third-order valence-electron chi connectivity index (χ3n) is 2.90. The van der Waals surface area contributed by atoms with Crippen LogP contribution < -0.4 is 4.74 Å². The van der Waals surface area contributed by atoms with E-state index in [0.717, 1.165) is 6.42 Å². The summed E-state index contributed by atoms with van der Waals surface area (Å²) >= 11 is 0. The van der Waals surface area contributed by atoms with Crippen molar-refractivity contribution >= 4 is 5.78 Å². The van der Waals surface area contributed by atoms with Gasteiger partial charge in [-0.05, 0) is 24.0 Å². The number of rotatable bonds is 2. The molecular formula is C12H13FO2. The molecule has 0 amide bonds. The maximum Gasteiger partial charge on any atom is 0.168 e. The maximum atomic E-state index is 13.8. The standard InChI is InChI=1S/C12H13FO2/c1-15-11-4-2-3-10(12(11)13)8-5-6-9(14)7-8/h2-4,8H,5-7H2,1H3. The van der Waals surface area contributed by atoms with E-state index in [1.54, 1.807) is 18.2 Å². The second-order valence-corrected chi connectivity index (χ2v) is 3.84. The number of methoxy groups -OCH3 is 1. The minimum atomic E-state index is -0.320. The molecule has 80 valence electrons. The van der Waals surface area contributed by atoms with Crippen molar-refractivity contribution < 1.29 is 13.9 Å². The third kappa shape index (κ3) is 1.87. The van der Waals surface area contributed by atoms with Gasteiger partial charge in [0.1, 0.15) is 5.78 Å². The molecular weight excluding hydrogens is 195 g/mol. The molecule has 0 bridgehead atoms. The van der Waals surface area contributed by atoms with Gasteiger partial charge in [0.05, 0.1) is 7.11 Å². The maximum absolute atomic E-state index is 13.8. The summed E-state index contributed by atoms with van der Waals surface area (Å²) in [5.74, 6) is 0.196. The molecule has 1 atom stereocenters. The van der Waals surface area contributed by atoms with Crippen LogP contribution in [0.25, 0.3) is 0 Å². The molecule has 1 fully saturated rings. The van der Waals surface area contributed by atoms with E-state index in [4.69, 9.17) is 4.74 Å². The average molecular weight is 208 g/mol. The topological polar surface area (TPSA) is 26.3 Å².